The number of amides is 2. The van der Waals surface area contributed by atoms with Crippen LogP contribution in [0.3, 0.4) is 0 Å². The van der Waals surface area contributed by atoms with Crippen LogP contribution in [0.5, 0.6) is 0 Å². The van der Waals surface area contributed by atoms with Crippen LogP contribution in [-0.2, 0) is 22.6 Å². The molecule has 4 nitrogen and oxygen atoms in total. The summed E-state index contributed by atoms with van der Waals surface area (Å²) in [5.41, 5.74) is 2.93. The van der Waals surface area contributed by atoms with E-state index in [2.05, 4.69) is 43.4 Å². The third-order valence-corrected chi connectivity index (χ3v) is 5.42. The summed E-state index contributed by atoms with van der Waals surface area (Å²) in [4.78, 5) is 27.7. The molecule has 31 heavy (non-hydrogen) atoms. The van der Waals surface area contributed by atoms with Crippen LogP contribution >= 0.6 is 11.6 Å². The van der Waals surface area contributed by atoms with Crippen molar-refractivity contribution in [1.82, 2.24) is 10.2 Å². The van der Waals surface area contributed by atoms with Gasteiger partial charge in [-0.2, -0.15) is 0 Å². The van der Waals surface area contributed by atoms with Crippen LogP contribution in [0.25, 0.3) is 0 Å². The number of carbonyl (C=O) groups excluding carboxylic acids is 2. The number of nitrogens with one attached hydrogen (secondary N) is 1. The second-order valence-corrected chi connectivity index (χ2v) is 9.90. The zero-order valence-corrected chi connectivity index (χ0v) is 20.3. The smallest absolute Gasteiger partial charge is 0.242 e. The second-order valence-electron chi connectivity index (χ2n) is 9.46. The van der Waals surface area contributed by atoms with Gasteiger partial charge in [-0.25, -0.2) is 0 Å². The first-order valence-electron chi connectivity index (χ1n) is 10.9. The van der Waals surface area contributed by atoms with Gasteiger partial charge in [0.1, 0.15) is 6.04 Å². The highest BCUT2D eigenvalue weighted by molar-refractivity contribution is 6.30. The lowest BCUT2D eigenvalue weighted by Crippen LogP contribution is -2.52. The molecule has 1 atom stereocenters. The standard InChI is InChI=1S/C26H35ClN2O2/c1-18(2)22-13-10-20(11-14-22)12-15-24(30)29(17-21-8-7-9-23(27)16-21)19(3)25(31)28-26(4,5)6/h7-11,13-14,16,18-19H,12,15,17H2,1-6H3,(H,28,31)/t19-/m0/s1. The van der Waals surface area contributed by atoms with Gasteiger partial charge in [0, 0.05) is 23.5 Å². The summed E-state index contributed by atoms with van der Waals surface area (Å²) >= 11 is 6.13. The molecule has 2 aromatic carbocycles. The van der Waals surface area contributed by atoms with Crippen LogP contribution in [-0.4, -0.2) is 28.3 Å². The van der Waals surface area contributed by atoms with Gasteiger partial charge >= 0.3 is 0 Å². The topological polar surface area (TPSA) is 49.4 Å². The van der Waals surface area contributed by atoms with E-state index in [1.807, 2.05) is 39.0 Å². The zero-order valence-electron chi connectivity index (χ0n) is 19.5. The molecule has 168 valence electrons. The first-order chi connectivity index (χ1) is 14.5. The fraction of sp³-hybridized carbons (Fsp3) is 0.462. The summed E-state index contributed by atoms with van der Waals surface area (Å²) in [5, 5.41) is 3.60. The molecule has 0 heterocycles. The minimum Gasteiger partial charge on any atom is -0.350 e. The Balaban J connectivity index is 2.15. The summed E-state index contributed by atoms with van der Waals surface area (Å²) in [7, 11) is 0. The Bertz CT molecular complexity index is 885. The van der Waals surface area contributed by atoms with Gasteiger partial charge < -0.3 is 10.2 Å². The Morgan fingerprint density at radius 2 is 1.65 bits per heavy atom. The molecule has 0 saturated carbocycles. The number of carbonyl (C=O) groups is 2. The molecule has 5 heteroatoms. The zero-order chi connectivity index (χ0) is 23.2. The summed E-state index contributed by atoms with van der Waals surface area (Å²) in [6, 6.07) is 15.2. The molecule has 0 aliphatic heterocycles. The van der Waals surface area contributed by atoms with E-state index in [4.69, 9.17) is 11.6 Å². The van der Waals surface area contributed by atoms with Gasteiger partial charge in [-0.1, -0.05) is 61.8 Å². The van der Waals surface area contributed by atoms with Gasteiger partial charge in [-0.15, -0.1) is 0 Å². The minimum atomic E-state index is -0.589. The first kappa shape index (κ1) is 24.9. The molecule has 0 saturated heterocycles. The number of halogens is 1. The third kappa shape index (κ3) is 8.02. The first-order valence-corrected chi connectivity index (χ1v) is 11.3. The predicted octanol–water partition coefficient (Wildman–Crippen LogP) is 5.73. The minimum absolute atomic E-state index is 0.0514. The molecule has 2 amide bonds. The van der Waals surface area contributed by atoms with Crippen LogP contribution in [0.15, 0.2) is 48.5 Å². The highest BCUT2D eigenvalue weighted by Gasteiger charge is 2.28. The van der Waals surface area contributed by atoms with Crippen molar-refractivity contribution in [1.29, 1.82) is 0 Å². The normalized spacial score (nSPS) is 12.5. The van der Waals surface area contributed by atoms with Crippen molar-refractivity contribution in [3.63, 3.8) is 0 Å². The summed E-state index contributed by atoms with van der Waals surface area (Å²) in [6.45, 7) is 12.2. The molecule has 2 rings (SSSR count). The van der Waals surface area contributed by atoms with E-state index in [1.54, 1.807) is 17.9 Å². The van der Waals surface area contributed by atoms with Crippen LogP contribution in [0.2, 0.25) is 5.02 Å². The Morgan fingerprint density at radius 1 is 1.00 bits per heavy atom. The highest BCUT2D eigenvalue weighted by atomic mass is 35.5. The van der Waals surface area contributed by atoms with E-state index in [1.165, 1.54) is 5.56 Å². The summed E-state index contributed by atoms with van der Waals surface area (Å²) < 4.78 is 0. The van der Waals surface area contributed by atoms with E-state index in [-0.39, 0.29) is 17.4 Å². The van der Waals surface area contributed by atoms with E-state index >= 15 is 0 Å². The average molecular weight is 443 g/mol. The Morgan fingerprint density at radius 3 is 2.19 bits per heavy atom. The lowest BCUT2D eigenvalue weighted by molar-refractivity contribution is -0.141. The maximum atomic E-state index is 13.2. The van der Waals surface area contributed by atoms with Gasteiger partial charge in [0.05, 0.1) is 0 Å². The van der Waals surface area contributed by atoms with Gasteiger partial charge in [-0.05, 0) is 68.9 Å². The monoisotopic (exact) mass is 442 g/mol. The molecule has 2 aromatic rings. The maximum absolute atomic E-state index is 13.2. The Kier molecular flexibility index (Phi) is 8.69. The number of hydrogen-bond donors (Lipinski definition) is 1. The molecule has 0 bridgehead atoms. The van der Waals surface area contributed by atoms with E-state index in [0.29, 0.717) is 30.3 Å². The van der Waals surface area contributed by atoms with Crippen molar-refractivity contribution in [2.45, 2.75) is 78.4 Å². The lowest BCUT2D eigenvalue weighted by atomic mass is 10.00. The lowest BCUT2D eigenvalue weighted by Gasteiger charge is -2.31. The maximum Gasteiger partial charge on any atom is 0.242 e. The SMILES string of the molecule is CC(C)c1ccc(CCC(=O)N(Cc2cccc(Cl)c2)[C@@H](C)C(=O)NC(C)(C)C)cc1. The van der Waals surface area contributed by atoms with Crippen LogP contribution in [0, 0.1) is 0 Å². The molecule has 0 spiro atoms. The van der Waals surface area contributed by atoms with Crippen LogP contribution in [0.1, 0.15) is 70.6 Å². The number of hydrogen-bond acceptors (Lipinski definition) is 2. The van der Waals surface area contributed by atoms with Gasteiger partial charge in [0.2, 0.25) is 11.8 Å². The van der Waals surface area contributed by atoms with Crippen LogP contribution in [0.4, 0.5) is 0 Å². The summed E-state index contributed by atoms with van der Waals surface area (Å²) in [6.07, 6.45) is 0.978. The van der Waals surface area contributed by atoms with Gasteiger partial charge in [0.25, 0.3) is 0 Å². The largest absolute Gasteiger partial charge is 0.350 e. The average Bonchev–Trinajstić information content (AvgIpc) is 2.68. The van der Waals surface area contributed by atoms with Crippen molar-refractivity contribution in [3.05, 3.63) is 70.2 Å². The predicted molar refractivity (Wildman–Crippen MR) is 128 cm³/mol. The molecule has 0 radical (unpaired) electrons. The molecule has 1 N–H and O–H groups in total. The van der Waals surface area contributed by atoms with Crippen LogP contribution < -0.4 is 5.32 Å². The van der Waals surface area contributed by atoms with Crippen molar-refractivity contribution in [2.24, 2.45) is 0 Å². The fourth-order valence-corrected chi connectivity index (χ4v) is 3.57. The fourth-order valence-electron chi connectivity index (χ4n) is 3.35. The molecule has 0 aliphatic carbocycles. The van der Waals surface area contributed by atoms with Gasteiger partial charge in [0.15, 0.2) is 0 Å². The van der Waals surface area contributed by atoms with Crippen molar-refractivity contribution in [3.8, 4) is 0 Å². The van der Waals surface area contributed by atoms with E-state index < -0.39 is 6.04 Å². The van der Waals surface area contributed by atoms with Crippen molar-refractivity contribution in [2.75, 3.05) is 0 Å². The van der Waals surface area contributed by atoms with E-state index in [0.717, 1.165) is 11.1 Å². The number of rotatable bonds is 8. The quantitative estimate of drug-likeness (QED) is 0.567. The molecular weight excluding hydrogens is 408 g/mol. The van der Waals surface area contributed by atoms with E-state index in [9.17, 15) is 9.59 Å². The molecular formula is C26H35ClN2O2. The van der Waals surface area contributed by atoms with Gasteiger partial charge in [-0.3, -0.25) is 9.59 Å². The molecule has 0 aliphatic rings. The van der Waals surface area contributed by atoms with Crippen molar-refractivity contribution >= 4 is 23.4 Å². The number of benzene rings is 2. The Labute approximate surface area is 192 Å². The molecule has 0 aromatic heterocycles. The number of aryl methyl sites for hydroxylation is 1. The second kappa shape index (κ2) is 10.8. The molecule has 0 fully saturated rings. The number of nitrogens with zero attached hydrogens (tertiary/aromatic N) is 1. The summed E-state index contributed by atoms with van der Waals surface area (Å²) in [5.74, 6) is 0.264. The molecule has 0 unspecified atom stereocenters. The highest BCUT2D eigenvalue weighted by Crippen LogP contribution is 2.18. The Hall–Kier alpha value is -2.33. The third-order valence-electron chi connectivity index (χ3n) is 5.18. The van der Waals surface area contributed by atoms with Crippen molar-refractivity contribution < 1.29 is 9.59 Å².